The van der Waals surface area contributed by atoms with Crippen LogP contribution in [0.25, 0.3) is 0 Å². The minimum absolute atomic E-state index is 0.0198. The smallest absolute Gasteiger partial charge is 0.251 e. The lowest BCUT2D eigenvalue weighted by Crippen LogP contribution is -2.36. The van der Waals surface area contributed by atoms with Crippen LogP contribution in [0.2, 0.25) is 0 Å². The normalized spacial score (nSPS) is 27.8. The standard InChI is InChI=1S/C25H36F4O3/c1-3-5-19-10-8-17(14-25(19,28)29)6-7-18-9-11-20(31-15-18)16-32-22-13-12-21(30-4-2)23(26)24(22)27/h12-13,17-20H,3-11,14-16H2,1-2H3. The van der Waals surface area contributed by atoms with Crippen molar-refractivity contribution in [1.82, 2.24) is 0 Å². The van der Waals surface area contributed by atoms with Crippen molar-refractivity contribution in [2.24, 2.45) is 17.8 Å². The molecule has 1 saturated carbocycles. The molecule has 0 N–H and O–H groups in total. The van der Waals surface area contributed by atoms with E-state index in [2.05, 4.69) is 0 Å². The average molecular weight is 461 g/mol. The van der Waals surface area contributed by atoms with Gasteiger partial charge in [-0.25, -0.2) is 8.78 Å². The molecule has 2 aliphatic rings. The fourth-order valence-corrected chi connectivity index (χ4v) is 5.02. The van der Waals surface area contributed by atoms with Crippen molar-refractivity contribution >= 4 is 0 Å². The van der Waals surface area contributed by atoms with Gasteiger partial charge in [0.2, 0.25) is 11.6 Å². The molecule has 0 amide bonds. The minimum Gasteiger partial charge on any atom is -0.491 e. The van der Waals surface area contributed by atoms with Crippen LogP contribution in [0.3, 0.4) is 0 Å². The summed E-state index contributed by atoms with van der Waals surface area (Å²) in [4.78, 5) is 0. The van der Waals surface area contributed by atoms with Crippen molar-refractivity contribution in [3.63, 3.8) is 0 Å². The quantitative estimate of drug-likeness (QED) is 0.347. The molecule has 0 bridgehead atoms. The molecule has 1 saturated heterocycles. The van der Waals surface area contributed by atoms with E-state index < -0.39 is 23.5 Å². The summed E-state index contributed by atoms with van der Waals surface area (Å²) < 4.78 is 73.2. The molecule has 1 aromatic rings. The zero-order valence-corrected chi connectivity index (χ0v) is 19.2. The van der Waals surface area contributed by atoms with Crippen LogP contribution >= 0.6 is 0 Å². The number of rotatable bonds is 10. The summed E-state index contributed by atoms with van der Waals surface area (Å²) in [6.07, 6.45) is 6.19. The molecule has 1 aliphatic heterocycles. The molecule has 7 heteroatoms. The highest BCUT2D eigenvalue weighted by Crippen LogP contribution is 2.45. The Hall–Kier alpha value is -1.50. The topological polar surface area (TPSA) is 27.7 Å². The van der Waals surface area contributed by atoms with Gasteiger partial charge in [0.25, 0.3) is 5.92 Å². The van der Waals surface area contributed by atoms with E-state index in [1.54, 1.807) is 6.92 Å². The zero-order valence-electron chi connectivity index (χ0n) is 19.2. The van der Waals surface area contributed by atoms with Gasteiger partial charge in [-0.2, -0.15) is 8.78 Å². The van der Waals surface area contributed by atoms with Crippen molar-refractivity contribution in [3.05, 3.63) is 23.8 Å². The fourth-order valence-electron chi connectivity index (χ4n) is 5.02. The van der Waals surface area contributed by atoms with Crippen LogP contribution in [-0.2, 0) is 4.74 Å². The maximum Gasteiger partial charge on any atom is 0.251 e. The third kappa shape index (κ3) is 6.52. The molecule has 1 heterocycles. The predicted molar refractivity (Wildman–Crippen MR) is 115 cm³/mol. The van der Waals surface area contributed by atoms with Gasteiger partial charge in [-0.3, -0.25) is 0 Å². The van der Waals surface area contributed by atoms with Crippen molar-refractivity contribution in [3.8, 4) is 11.5 Å². The molecule has 3 rings (SSSR count). The molecule has 0 spiro atoms. The third-order valence-electron chi connectivity index (χ3n) is 6.90. The molecule has 4 atom stereocenters. The van der Waals surface area contributed by atoms with E-state index >= 15 is 0 Å². The van der Waals surface area contributed by atoms with Gasteiger partial charge in [0.15, 0.2) is 11.5 Å². The van der Waals surface area contributed by atoms with Crippen LogP contribution in [0.1, 0.15) is 71.6 Å². The van der Waals surface area contributed by atoms with E-state index in [1.807, 2.05) is 6.92 Å². The van der Waals surface area contributed by atoms with Gasteiger partial charge in [-0.15, -0.1) is 0 Å². The summed E-state index contributed by atoms with van der Waals surface area (Å²) in [6.45, 7) is 4.61. The van der Waals surface area contributed by atoms with Gasteiger partial charge in [-0.1, -0.05) is 13.3 Å². The van der Waals surface area contributed by atoms with Gasteiger partial charge < -0.3 is 14.2 Å². The first-order chi connectivity index (χ1) is 15.3. The molecule has 3 nitrogen and oxygen atoms in total. The Morgan fingerprint density at radius 2 is 1.56 bits per heavy atom. The predicted octanol–water partition coefficient (Wildman–Crippen LogP) is 7.17. The third-order valence-corrected chi connectivity index (χ3v) is 6.90. The number of hydrogen-bond acceptors (Lipinski definition) is 3. The molecular formula is C25H36F4O3. The van der Waals surface area contributed by atoms with E-state index in [0.29, 0.717) is 25.4 Å². The molecule has 1 aliphatic carbocycles. The number of alkyl halides is 2. The van der Waals surface area contributed by atoms with Gasteiger partial charge in [0, 0.05) is 18.9 Å². The Morgan fingerprint density at radius 1 is 0.906 bits per heavy atom. The van der Waals surface area contributed by atoms with Crippen molar-refractivity contribution < 1.29 is 31.8 Å². The lowest BCUT2D eigenvalue weighted by molar-refractivity contribution is -0.107. The molecule has 182 valence electrons. The average Bonchev–Trinajstić information content (AvgIpc) is 2.77. The first-order valence-electron chi connectivity index (χ1n) is 12.1. The molecular weight excluding hydrogens is 424 g/mol. The zero-order chi connectivity index (χ0) is 23.1. The van der Waals surface area contributed by atoms with E-state index in [0.717, 1.165) is 38.5 Å². The molecule has 2 fully saturated rings. The Balaban J connectivity index is 1.37. The minimum atomic E-state index is -2.53. The van der Waals surface area contributed by atoms with Crippen LogP contribution in [0.15, 0.2) is 12.1 Å². The van der Waals surface area contributed by atoms with Gasteiger partial charge in [0.1, 0.15) is 6.61 Å². The molecule has 0 radical (unpaired) electrons. The van der Waals surface area contributed by atoms with Crippen molar-refractivity contribution in [1.29, 1.82) is 0 Å². The summed E-state index contributed by atoms with van der Waals surface area (Å²) in [5.41, 5.74) is 0. The molecule has 4 unspecified atom stereocenters. The lowest BCUT2D eigenvalue weighted by atomic mass is 9.74. The highest BCUT2D eigenvalue weighted by Gasteiger charge is 2.44. The summed E-state index contributed by atoms with van der Waals surface area (Å²) in [6, 6.07) is 2.72. The maximum atomic E-state index is 14.4. The Bertz CT molecular complexity index is 719. The van der Waals surface area contributed by atoms with Crippen LogP contribution in [-0.4, -0.2) is 31.8 Å². The number of ether oxygens (including phenoxy) is 3. The number of benzene rings is 1. The summed E-state index contributed by atoms with van der Waals surface area (Å²) in [5.74, 6) is -4.93. The first kappa shape index (κ1) is 25.1. The highest BCUT2D eigenvalue weighted by molar-refractivity contribution is 5.35. The van der Waals surface area contributed by atoms with E-state index in [-0.39, 0.29) is 43.2 Å². The Kier molecular flexibility index (Phi) is 9.09. The second kappa shape index (κ2) is 11.6. The summed E-state index contributed by atoms with van der Waals surface area (Å²) >= 11 is 0. The number of hydrogen-bond donors (Lipinski definition) is 0. The second-order valence-electron chi connectivity index (χ2n) is 9.30. The summed E-state index contributed by atoms with van der Waals surface area (Å²) in [7, 11) is 0. The van der Waals surface area contributed by atoms with E-state index in [1.165, 1.54) is 12.1 Å². The van der Waals surface area contributed by atoms with Gasteiger partial charge in [0.05, 0.1) is 12.7 Å². The SMILES string of the molecule is CCCC1CCC(CCC2CCC(COc3ccc(OCC)c(F)c3F)OC2)CC1(F)F. The Labute approximate surface area is 188 Å². The van der Waals surface area contributed by atoms with Crippen LogP contribution in [0, 0.1) is 29.4 Å². The van der Waals surface area contributed by atoms with Crippen molar-refractivity contribution in [2.75, 3.05) is 19.8 Å². The summed E-state index contributed by atoms with van der Waals surface area (Å²) in [5, 5.41) is 0. The van der Waals surface area contributed by atoms with Crippen LogP contribution < -0.4 is 9.47 Å². The van der Waals surface area contributed by atoms with Gasteiger partial charge in [-0.05, 0) is 75.8 Å². The van der Waals surface area contributed by atoms with E-state index in [9.17, 15) is 17.6 Å². The lowest BCUT2D eigenvalue weighted by Gasteiger charge is -2.37. The largest absolute Gasteiger partial charge is 0.491 e. The molecule has 32 heavy (non-hydrogen) atoms. The fraction of sp³-hybridized carbons (Fsp3) is 0.760. The Morgan fingerprint density at radius 3 is 2.16 bits per heavy atom. The molecule has 0 aromatic heterocycles. The van der Waals surface area contributed by atoms with Crippen LogP contribution in [0.5, 0.6) is 11.5 Å². The number of halogens is 4. The molecule has 1 aromatic carbocycles. The van der Waals surface area contributed by atoms with Crippen molar-refractivity contribution in [2.45, 2.75) is 83.7 Å². The first-order valence-corrected chi connectivity index (χ1v) is 12.1. The maximum absolute atomic E-state index is 14.4. The van der Waals surface area contributed by atoms with Crippen LogP contribution in [0.4, 0.5) is 17.6 Å². The highest BCUT2D eigenvalue weighted by atomic mass is 19.3. The van der Waals surface area contributed by atoms with Gasteiger partial charge >= 0.3 is 0 Å². The monoisotopic (exact) mass is 460 g/mol. The second-order valence-corrected chi connectivity index (χ2v) is 9.30. The van der Waals surface area contributed by atoms with E-state index in [4.69, 9.17) is 14.2 Å².